The number of carbonyl (C=O) groups is 1. The summed E-state index contributed by atoms with van der Waals surface area (Å²) in [5.41, 5.74) is 6.04. The van der Waals surface area contributed by atoms with Crippen molar-refractivity contribution in [3.05, 3.63) is 12.2 Å². The van der Waals surface area contributed by atoms with Gasteiger partial charge in [0.25, 0.3) is 0 Å². The second kappa shape index (κ2) is 26.8. The number of nitrogens with two attached hydrogens (primary N) is 1. The summed E-state index contributed by atoms with van der Waals surface area (Å²) < 4.78 is 0. The first-order valence-corrected chi connectivity index (χ1v) is 14.9. The van der Waals surface area contributed by atoms with E-state index in [-0.39, 0.29) is 5.54 Å². The Kier molecular flexibility index (Phi) is 27.8. The lowest BCUT2D eigenvalue weighted by Crippen LogP contribution is -2.39. The molecular weight excluding hydrogens is 418 g/mol. The first-order chi connectivity index (χ1) is 16.3. The number of allylic oxidation sites excluding steroid dienone is 2. The van der Waals surface area contributed by atoms with Crippen molar-refractivity contribution in [3.8, 4) is 0 Å². The molecule has 1 unspecified atom stereocenters. The van der Waals surface area contributed by atoms with Gasteiger partial charge in [0.15, 0.2) is 0 Å². The Hall–Kier alpha value is -0.830. The average molecular weight is 482 g/mol. The molecule has 0 heterocycles. The van der Waals surface area contributed by atoms with Crippen LogP contribution in [0, 0.1) is 5.92 Å². The Balaban J connectivity index is 0. The summed E-state index contributed by atoms with van der Waals surface area (Å²) in [6, 6.07) is 0. The van der Waals surface area contributed by atoms with Crippen LogP contribution in [0.3, 0.4) is 0 Å². The lowest BCUT2D eigenvalue weighted by atomic mass is 9.86. The Morgan fingerprint density at radius 3 is 1.50 bits per heavy atom. The number of unbranched alkanes of at least 4 members (excludes halogenated alkanes) is 16. The molecule has 34 heavy (non-hydrogen) atoms. The van der Waals surface area contributed by atoms with Gasteiger partial charge >= 0.3 is 5.97 Å². The molecule has 0 aliphatic carbocycles. The average Bonchev–Trinajstić information content (AvgIpc) is 2.78. The quantitative estimate of drug-likeness (QED) is 0.113. The molecule has 0 saturated carbocycles. The molecule has 0 saturated heterocycles. The summed E-state index contributed by atoms with van der Waals surface area (Å²) in [6.07, 6.45) is 30.8. The third-order valence-electron chi connectivity index (χ3n) is 6.91. The predicted molar refractivity (Wildman–Crippen MR) is 153 cm³/mol. The van der Waals surface area contributed by atoms with Gasteiger partial charge in [-0.05, 0) is 58.3 Å². The molecule has 0 radical (unpaired) electrons. The second-order valence-electron chi connectivity index (χ2n) is 11.0. The van der Waals surface area contributed by atoms with E-state index in [1.165, 1.54) is 116 Å². The molecule has 0 fully saturated rings. The Morgan fingerprint density at radius 2 is 1.09 bits per heavy atom. The van der Waals surface area contributed by atoms with Crippen molar-refractivity contribution in [2.75, 3.05) is 0 Å². The van der Waals surface area contributed by atoms with Crippen molar-refractivity contribution >= 4 is 5.97 Å². The maximum Gasteiger partial charge on any atom is 0.303 e. The highest BCUT2D eigenvalue weighted by Crippen LogP contribution is 2.20. The van der Waals surface area contributed by atoms with Crippen molar-refractivity contribution in [3.63, 3.8) is 0 Å². The summed E-state index contributed by atoms with van der Waals surface area (Å²) in [5, 5.41) is 8.51. The molecule has 0 aliphatic rings. The minimum absolute atomic E-state index is 0.00339. The fourth-order valence-electron chi connectivity index (χ4n) is 3.95. The molecule has 0 spiro atoms. The van der Waals surface area contributed by atoms with Gasteiger partial charge in [-0.1, -0.05) is 123 Å². The van der Waals surface area contributed by atoms with E-state index in [1.54, 1.807) is 0 Å². The summed E-state index contributed by atoms with van der Waals surface area (Å²) in [4.78, 5) is 10.3. The summed E-state index contributed by atoms with van der Waals surface area (Å²) in [7, 11) is 0. The molecule has 0 aromatic rings. The van der Waals surface area contributed by atoms with Gasteiger partial charge in [-0.25, -0.2) is 0 Å². The van der Waals surface area contributed by atoms with E-state index in [2.05, 4.69) is 46.8 Å². The van der Waals surface area contributed by atoms with Crippen LogP contribution >= 0.6 is 0 Å². The number of hydrogen-bond acceptors (Lipinski definition) is 2. The standard InChI is InChI=1S/C18H34O2.C13H29N/c1-2-3-4-5-6-7-8-9-10-11-12-13-14-15-16-17-18(19)20;1-5-6-7-8-9-10-11-12(2)13(3,4)14/h9-10H,2-8,11-17H2,1H3,(H,19,20);12H,5-11,14H2,1-4H3/b10-9-;. The highest BCUT2D eigenvalue weighted by atomic mass is 16.4. The van der Waals surface area contributed by atoms with Gasteiger partial charge in [0.2, 0.25) is 0 Å². The maximum atomic E-state index is 10.3. The van der Waals surface area contributed by atoms with Crippen LogP contribution in [-0.4, -0.2) is 16.6 Å². The first kappa shape index (κ1) is 35.3. The Bertz CT molecular complexity index is 439. The molecule has 0 bridgehead atoms. The van der Waals surface area contributed by atoms with Crippen LogP contribution in [-0.2, 0) is 4.79 Å². The molecule has 0 aromatic carbocycles. The maximum absolute atomic E-state index is 10.3. The smallest absolute Gasteiger partial charge is 0.303 e. The number of carboxylic acid groups (broad SMARTS) is 1. The SMILES string of the molecule is CCCCCCCC/C=C\CCCCCCCC(=O)O.CCCCCCCCC(C)C(C)(C)N. The zero-order valence-electron chi connectivity index (χ0n) is 24.0. The molecule has 0 aliphatic heterocycles. The van der Waals surface area contributed by atoms with Crippen LogP contribution in [0.5, 0.6) is 0 Å². The summed E-state index contributed by atoms with van der Waals surface area (Å²) in [5.74, 6) is -0.0173. The van der Waals surface area contributed by atoms with Gasteiger partial charge < -0.3 is 10.8 Å². The van der Waals surface area contributed by atoms with Crippen molar-refractivity contribution < 1.29 is 9.90 Å². The zero-order valence-corrected chi connectivity index (χ0v) is 24.0. The largest absolute Gasteiger partial charge is 0.481 e. The molecule has 204 valence electrons. The topological polar surface area (TPSA) is 63.3 Å². The van der Waals surface area contributed by atoms with Gasteiger partial charge in [-0.15, -0.1) is 0 Å². The molecule has 3 heteroatoms. The number of hydrogen-bond donors (Lipinski definition) is 2. The second-order valence-corrected chi connectivity index (χ2v) is 11.0. The van der Waals surface area contributed by atoms with Crippen molar-refractivity contribution in [1.29, 1.82) is 0 Å². The molecule has 0 aromatic heterocycles. The van der Waals surface area contributed by atoms with Gasteiger partial charge in [0.1, 0.15) is 0 Å². The number of aliphatic carboxylic acids is 1. The van der Waals surface area contributed by atoms with Gasteiger partial charge in [0.05, 0.1) is 0 Å². The highest BCUT2D eigenvalue weighted by molar-refractivity contribution is 5.66. The summed E-state index contributed by atoms with van der Waals surface area (Å²) >= 11 is 0. The van der Waals surface area contributed by atoms with Crippen molar-refractivity contribution in [2.24, 2.45) is 11.7 Å². The third kappa shape index (κ3) is 31.2. The van der Waals surface area contributed by atoms with Crippen LogP contribution in [0.25, 0.3) is 0 Å². The zero-order chi connectivity index (χ0) is 25.9. The molecule has 3 nitrogen and oxygen atoms in total. The number of carboxylic acids is 1. The van der Waals surface area contributed by atoms with Crippen LogP contribution in [0.4, 0.5) is 0 Å². The van der Waals surface area contributed by atoms with Crippen LogP contribution in [0.2, 0.25) is 0 Å². The minimum atomic E-state index is -0.664. The van der Waals surface area contributed by atoms with E-state index in [4.69, 9.17) is 10.8 Å². The van der Waals surface area contributed by atoms with Crippen LogP contribution in [0.15, 0.2) is 12.2 Å². The summed E-state index contributed by atoms with van der Waals surface area (Å²) in [6.45, 7) is 11.1. The Morgan fingerprint density at radius 1 is 0.706 bits per heavy atom. The molecule has 1 atom stereocenters. The fourth-order valence-corrected chi connectivity index (χ4v) is 3.95. The van der Waals surface area contributed by atoms with E-state index in [0.29, 0.717) is 12.3 Å². The third-order valence-corrected chi connectivity index (χ3v) is 6.91. The van der Waals surface area contributed by atoms with Gasteiger partial charge in [-0.2, -0.15) is 0 Å². The van der Waals surface area contributed by atoms with E-state index >= 15 is 0 Å². The molecule has 3 N–H and O–H groups in total. The molecule has 0 rings (SSSR count). The van der Waals surface area contributed by atoms with Crippen molar-refractivity contribution in [1.82, 2.24) is 0 Å². The van der Waals surface area contributed by atoms with Gasteiger partial charge in [-0.3, -0.25) is 4.79 Å². The molecule has 0 amide bonds. The lowest BCUT2D eigenvalue weighted by Gasteiger charge is -2.27. The normalized spacial score (nSPS) is 12.5. The fraction of sp³-hybridized carbons (Fsp3) is 0.903. The van der Waals surface area contributed by atoms with Crippen LogP contribution < -0.4 is 5.73 Å². The van der Waals surface area contributed by atoms with Gasteiger partial charge in [0, 0.05) is 12.0 Å². The molecular formula is C31H63NO2. The van der Waals surface area contributed by atoms with E-state index in [9.17, 15) is 4.79 Å². The monoisotopic (exact) mass is 481 g/mol. The first-order valence-electron chi connectivity index (χ1n) is 14.9. The van der Waals surface area contributed by atoms with E-state index in [0.717, 1.165) is 12.8 Å². The lowest BCUT2D eigenvalue weighted by molar-refractivity contribution is -0.137. The predicted octanol–water partition coefficient (Wildman–Crippen LogP) is 10.2. The van der Waals surface area contributed by atoms with Crippen molar-refractivity contribution in [2.45, 2.75) is 175 Å². The van der Waals surface area contributed by atoms with E-state index in [1.807, 2.05) is 0 Å². The van der Waals surface area contributed by atoms with E-state index < -0.39 is 5.97 Å². The highest BCUT2D eigenvalue weighted by Gasteiger charge is 2.19. The minimum Gasteiger partial charge on any atom is -0.481 e. The number of rotatable bonds is 23. The Labute approximate surface area is 214 Å². The van der Waals surface area contributed by atoms with Crippen LogP contribution in [0.1, 0.15) is 169 Å².